The second-order valence-electron chi connectivity index (χ2n) is 9.49. The van der Waals surface area contributed by atoms with Gasteiger partial charge in [-0.2, -0.15) is 0 Å². The van der Waals surface area contributed by atoms with Gasteiger partial charge in [0.1, 0.15) is 18.2 Å². The van der Waals surface area contributed by atoms with Gasteiger partial charge in [-0.3, -0.25) is 9.59 Å². The molecule has 33 heavy (non-hydrogen) atoms. The van der Waals surface area contributed by atoms with E-state index in [0.29, 0.717) is 6.54 Å². The molecule has 2 N–H and O–H groups in total. The summed E-state index contributed by atoms with van der Waals surface area (Å²) in [5.41, 5.74) is 1.26. The summed E-state index contributed by atoms with van der Waals surface area (Å²) in [5, 5.41) is 5.61. The van der Waals surface area contributed by atoms with Gasteiger partial charge in [0.25, 0.3) is 0 Å². The monoisotopic (exact) mass is 461 g/mol. The molecule has 0 fully saturated rings. The highest BCUT2D eigenvalue weighted by Crippen LogP contribution is 2.23. The maximum Gasteiger partial charge on any atom is 0.408 e. The molecule has 7 nitrogen and oxygen atoms in total. The van der Waals surface area contributed by atoms with E-state index in [1.807, 2.05) is 38.1 Å². The highest BCUT2D eigenvalue weighted by Gasteiger charge is 2.32. The van der Waals surface area contributed by atoms with E-state index in [1.54, 1.807) is 25.7 Å². The summed E-state index contributed by atoms with van der Waals surface area (Å²) in [4.78, 5) is 40.3. The second kappa shape index (κ2) is 13.9. The minimum absolute atomic E-state index is 0.00271. The maximum atomic E-state index is 13.4. The van der Waals surface area contributed by atoms with Gasteiger partial charge in [0, 0.05) is 12.6 Å². The number of aryl methyl sites for hydroxylation is 1. The molecule has 0 spiro atoms. The Balaban J connectivity index is 3.19. The first-order valence-electron chi connectivity index (χ1n) is 12.2. The van der Waals surface area contributed by atoms with E-state index in [9.17, 15) is 14.4 Å². The fourth-order valence-electron chi connectivity index (χ4n) is 3.53. The average Bonchev–Trinajstić information content (AvgIpc) is 2.74. The number of alkyl carbamates (subject to hydrolysis) is 1. The Morgan fingerprint density at radius 1 is 1.03 bits per heavy atom. The van der Waals surface area contributed by atoms with Crippen LogP contribution in [0.2, 0.25) is 0 Å². The van der Waals surface area contributed by atoms with E-state index in [4.69, 9.17) is 4.74 Å². The lowest BCUT2D eigenvalue weighted by molar-refractivity contribution is -0.140. The van der Waals surface area contributed by atoms with Crippen LogP contribution in [0, 0.1) is 0 Å². The van der Waals surface area contributed by atoms with Gasteiger partial charge in [-0.05, 0) is 58.1 Å². The lowest BCUT2D eigenvalue weighted by atomic mass is 10.0. The zero-order valence-corrected chi connectivity index (χ0v) is 21.5. The van der Waals surface area contributed by atoms with E-state index >= 15 is 0 Å². The third-order valence-corrected chi connectivity index (χ3v) is 5.23. The molecule has 7 heteroatoms. The molecule has 0 radical (unpaired) electrons. The average molecular weight is 462 g/mol. The fourth-order valence-corrected chi connectivity index (χ4v) is 3.53. The molecule has 1 aromatic carbocycles. The van der Waals surface area contributed by atoms with Crippen LogP contribution in [0.5, 0.6) is 0 Å². The predicted molar refractivity (Wildman–Crippen MR) is 132 cm³/mol. The molecule has 0 saturated carbocycles. The van der Waals surface area contributed by atoms with Crippen LogP contribution in [0.1, 0.15) is 91.3 Å². The molecular formula is C26H43N3O4. The number of nitrogens with one attached hydrogen (secondary N) is 2. The molecule has 2 unspecified atom stereocenters. The highest BCUT2D eigenvalue weighted by atomic mass is 16.6. The van der Waals surface area contributed by atoms with Crippen molar-refractivity contribution in [2.75, 3.05) is 13.1 Å². The molecule has 3 amide bonds. The van der Waals surface area contributed by atoms with Gasteiger partial charge >= 0.3 is 6.09 Å². The topological polar surface area (TPSA) is 87.7 Å². The lowest BCUT2D eigenvalue weighted by Gasteiger charge is -2.32. The number of benzene rings is 1. The van der Waals surface area contributed by atoms with Crippen LogP contribution >= 0.6 is 0 Å². The fraction of sp³-hybridized carbons (Fsp3) is 0.654. The van der Waals surface area contributed by atoms with Crippen molar-refractivity contribution in [3.63, 3.8) is 0 Å². The first kappa shape index (κ1) is 28.5. The minimum atomic E-state index is -0.769. The SMILES string of the molecule is CCCCN(C(=O)CNC(=O)OC(C)(C)C)C(C(=O)NC(C)CCC)c1ccc(CC)cc1. The number of hydrogen-bond donors (Lipinski definition) is 2. The van der Waals surface area contributed by atoms with Crippen molar-refractivity contribution in [3.8, 4) is 0 Å². The number of amides is 3. The van der Waals surface area contributed by atoms with Crippen molar-refractivity contribution >= 4 is 17.9 Å². The van der Waals surface area contributed by atoms with Gasteiger partial charge in [0.2, 0.25) is 11.8 Å². The van der Waals surface area contributed by atoms with Crippen LogP contribution in [0.15, 0.2) is 24.3 Å². The first-order valence-corrected chi connectivity index (χ1v) is 12.2. The van der Waals surface area contributed by atoms with Crippen molar-refractivity contribution in [2.45, 2.75) is 98.3 Å². The molecule has 0 aliphatic heterocycles. The Kier molecular flexibility index (Phi) is 12.0. The van der Waals surface area contributed by atoms with Gasteiger partial charge in [0.05, 0.1) is 0 Å². The van der Waals surface area contributed by atoms with Crippen LogP contribution in [-0.4, -0.2) is 47.5 Å². The Morgan fingerprint density at radius 3 is 2.18 bits per heavy atom. The van der Waals surface area contributed by atoms with Crippen LogP contribution in [0.25, 0.3) is 0 Å². The zero-order chi connectivity index (χ0) is 25.0. The number of carbonyl (C=O) groups is 3. The normalized spacial score (nSPS) is 13.1. The highest BCUT2D eigenvalue weighted by molar-refractivity contribution is 5.90. The summed E-state index contributed by atoms with van der Waals surface area (Å²) in [7, 11) is 0. The van der Waals surface area contributed by atoms with E-state index in [1.165, 1.54) is 0 Å². The van der Waals surface area contributed by atoms with E-state index in [2.05, 4.69) is 24.5 Å². The quantitative estimate of drug-likeness (QED) is 0.470. The Labute approximate surface area is 199 Å². The van der Waals surface area contributed by atoms with Crippen LogP contribution in [0.4, 0.5) is 4.79 Å². The Bertz CT molecular complexity index is 756. The molecule has 1 rings (SSSR count). The number of nitrogens with zero attached hydrogens (tertiary/aromatic N) is 1. The summed E-state index contributed by atoms with van der Waals surface area (Å²) >= 11 is 0. The Morgan fingerprint density at radius 2 is 1.67 bits per heavy atom. The summed E-state index contributed by atoms with van der Waals surface area (Å²) < 4.78 is 5.25. The molecule has 186 valence electrons. The molecule has 1 aromatic rings. The lowest BCUT2D eigenvalue weighted by Crippen LogP contribution is -2.49. The molecule has 0 aliphatic carbocycles. The molecule has 0 saturated heterocycles. The minimum Gasteiger partial charge on any atom is -0.444 e. The summed E-state index contributed by atoms with van der Waals surface area (Å²) in [5.74, 6) is -0.529. The second-order valence-corrected chi connectivity index (χ2v) is 9.49. The zero-order valence-electron chi connectivity index (χ0n) is 21.5. The molecule has 0 bridgehead atoms. The summed E-state index contributed by atoms with van der Waals surface area (Å²) in [6, 6.07) is 7.05. The van der Waals surface area contributed by atoms with Crippen molar-refractivity contribution in [2.24, 2.45) is 0 Å². The molecule has 0 aliphatic rings. The van der Waals surface area contributed by atoms with Crippen molar-refractivity contribution in [1.29, 1.82) is 0 Å². The third kappa shape index (κ3) is 10.3. The van der Waals surface area contributed by atoms with Crippen LogP contribution < -0.4 is 10.6 Å². The van der Waals surface area contributed by atoms with Crippen LogP contribution in [-0.2, 0) is 20.7 Å². The number of rotatable bonds is 12. The van der Waals surface area contributed by atoms with E-state index in [-0.39, 0.29) is 24.4 Å². The van der Waals surface area contributed by atoms with Gasteiger partial charge in [-0.25, -0.2) is 4.79 Å². The van der Waals surface area contributed by atoms with Crippen LogP contribution in [0.3, 0.4) is 0 Å². The number of hydrogen-bond acceptors (Lipinski definition) is 4. The molecular weight excluding hydrogens is 418 g/mol. The number of unbranched alkanes of at least 4 members (excludes halogenated alkanes) is 1. The van der Waals surface area contributed by atoms with Gasteiger partial charge in [-0.1, -0.05) is 57.9 Å². The predicted octanol–water partition coefficient (Wildman–Crippen LogP) is 4.75. The van der Waals surface area contributed by atoms with Crippen molar-refractivity contribution in [3.05, 3.63) is 35.4 Å². The summed E-state index contributed by atoms with van der Waals surface area (Å²) in [6.07, 6.45) is 3.67. The van der Waals surface area contributed by atoms with Crippen molar-refractivity contribution in [1.82, 2.24) is 15.5 Å². The largest absolute Gasteiger partial charge is 0.444 e. The van der Waals surface area contributed by atoms with Gasteiger partial charge < -0.3 is 20.3 Å². The molecule has 0 heterocycles. The Hall–Kier alpha value is -2.57. The van der Waals surface area contributed by atoms with E-state index < -0.39 is 17.7 Å². The van der Waals surface area contributed by atoms with Gasteiger partial charge in [0.15, 0.2) is 0 Å². The number of ether oxygens (including phenoxy) is 1. The molecule has 0 aromatic heterocycles. The summed E-state index contributed by atoms with van der Waals surface area (Å²) in [6.45, 7) is 13.6. The molecule has 2 atom stereocenters. The first-order chi connectivity index (χ1) is 15.5. The smallest absolute Gasteiger partial charge is 0.408 e. The van der Waals surface area contributed by atoms with Gasteiger partial charge in [-0.15, -0.1) is 0 Å². The maximum absolute atomic E-state index is 13.4. The third-order valence-electron chi connectivity index (χ3n) is 5.23. The number of carbonyl (C=O) groups excluding carboxylic acids is 3. The van der Waals surface area contributed by atoms with E-state index in [0.717, 1.165) is 43.2 Å². The standard InChI is InChI=1S/C26H43N3O4/c1-8-11-17-29(22(30)18-27-25(32)33-26(5,6)7)23(24(31)28-19(4)12-9-2)21-15-13-20(10-3)14-16-21/h13-16,19,23H,8-12,17-18H2,1-7H3,(H,27,32)(H,28,31). The van der Waals surface area contributed by atoms with Crippen molar-refractivity contribution < 1.29 is 19.1 Å².